The maximum absolute atomic E-state index is 12.6. The van der Waals surface area contributed by atoms with Gasteiger partial charge >= 0.3 is 12.0 Å². The number of carbonyl (C=O) groups excluding carboxylic acids is 2. The molecule has 37 heavy (non-hydrogen) atoms. The smallest absolute Gasteiger partial charge is 0.331 e. The van der Waals surface area contributed by atoms with E-state index < -0.39 is 0 Å². The highest BCUT2D eigenvalue weighted by molar-refractivity contribution is 5.85. The molecule has 4 aliphatic carbocycles. The molecule has 7 nitrogen and oxygen atoms in total. The van der Waals surface area contributed by atoms with Gasteiger partial charge in [0.2, 0.25) is 0 Å². The molecular formula is C30H45N3O4. The van der Waals surface area contributed by atoms with E-state index in [9.17, 15) is 14.7 Å². The third-order valence-electron chi connectivity index (χ3n) is 11.5. The van der Waals surface area contributed by atoms with Crippen molar-refractivity contribution >= 4 is 12.0 Å². The largest absolute Gasteiger partial charge is 0.458 e. The molecule has 0 aromatic rings. The predicted molar refractivity (Wildman–Crippen MR) is 142 cm³/mol. The summed E-state index contributed by atoms with van der Waals surface area (Å²) in [5, 5.41) is 16.0. The minimum atomic E-state index is -0.213. The average molecular weight is 512 g/mol. The molecular weight excluding hydrogens is 466 g/mol. The lowest BCUT2D eigenvalue weighted by molar-refractivity contribution is -0.135. The number of amides is 2. The van der Waals surface area contributed by atoms with Gasteiger partial charge in [0.05, 0.1) is 6.10 Å². The summed E-state index contributed by atoms with van der Waals surface area (Å²) in [6.45, 7) is 8.55. The second-order valence-electron chi connectivity index (χ2n) is 13.3. The number of ether oxygens (including phenoxy) is 1. The van der Waals surface area contributed by atoms with Crippen LogP contribution < -0.4 is 10.6 Å². The molecule has 2 amide bonds. The first-order chi connectivity index (χ1) is 17.8. The van der Waals surface area contributed by atoms with Crippen LogP contribution in [0.2, 0.25) is 0 Å². The van der Waals surface area contributed by atoms with Crippen molar-refractivity contribution in [3.63, 3.8) is 0 Å². The van der Waals surface area contributed by atoms with E-state index in [1.807, 2.05) is 0 Å². The normalized spacial score (nSPS) is 43.3. The van der Waals surface area contributed by atoms with Gasteiger partial charge in [0.1, 0.15) is 6.61 Å². The van der Waals surface area contributed by atoms with Crippen molar-refractivity contribution in [2.75, 3.05) is 32.8 Å². The SMILES string of the molecule is C[C@]12CC[C@H](NC(=O)NCCN3CCC(O)C3)C[C@H]1CC[C@H]1C3=CC[C@H](C4=CC(=O)OC4)[C@@]3(C)CC[C@@H]12. The molecule has 2 heterocycles. The van der Waals surface area contributed by atoms with Gasteiger partial charge < -0.3 is 20.5 Å². The number of allylic oxidation sites excluding steroid dienone is 2. The number of aliphatic hydroxyl groups is 1. The lowest BCUT2D eigenvalue weighted by Crippen LogP contribution is -2.54. The van der Waals surface area contributed by atoms with E-state index in [-0.39, 0.29) is 29.6 Å². The number of rotatable bonds is 5. The standard InChI is InChI=1S/C30H45N3O4/c1-29-10-7-21(32-28(36)31-12-14-33-13-9-22(34)17-33)16-20(29)3-4-23-25-6-5-24(19-15-27(35)37-18-19)30(25,2)11-8-26(23)29/h6,15,20-24,26,34H,3-5,7-14,16-18H2,1-2H3,(H2,31,32,36)/t20-,21+,22?,23+,24-,26+,29+,30-/m1/s1. The van der Waals surface area contributed by atoms with Gasteiger partial charge in [0.15, 0.2) is 0 Å². The summed E-state index contributed by atoms with van der Waals surface area (Å²) < 4.78 is 5.28. The third kappa shape index (κ3) is 4.54. The van der Waals surface area contributed by atoms with Gasteiger partial charge in [-0.05, 0) is 97.9 Å². The fraction of sp³-hybridized carbons (Fsp3) is 0.800. The fourth-order valence-electron chi connectivity index (χ4n) is 9.45. The van der Waals surface area contributed by atoms with Crippen molar-refractivity contribution in [2.24, 2.45) is 34.5 Å². The maximum atomic E-state index is 12.6. The Labute approximate surface area is 221 Å². The number of likely N-dealkylation sites (tertiary alicyclic amines) is 1. The maximum Gasteiger partial charge on any atom is 0.331 e. The number of carbonyl (C=O) groups is 2. The van der Waals surface area contributed by atoms with E-state index in [0.29, 0.717) is 36.3 Å². The summed E-state index contributed by atoms with van der Waals surface area (Å²) in [5.41, 5.74) is 3.41. The van der Waals surface area contributed by atoms with Gasteiger partial charge in [0.25, 0.3) is 0 Å². The van der Waals surface area contributed by atoms with Crippen molar-refractivity contribution in [3.8, 4) is 0 Å². The summed E-state index contributed by atoms with van der Waals surface area (Å²) in [6, 6.07) is 0.223. The molecule has 1 unspecified atom stereocenters. The zero-order chi connectivity index (χ0) is 25.8. The van der Waals surface area contributed by atoms with Gasteiger partial charge in [-0.25, -0.2) is 9.59 Å². The second-order valence-corrected chi connectivity index (χ2v) is 13.3. The van der Waals surface area contributed by atoms with Gasteiger partial charge in [-0.2, -0.15) is 0 Å². The number of nitrogens with one attached hydrogen (secondary N) is 2. The highest BCUT2D eigenvalue weighted by Crippen LogP contribution is 2.66. The van der Waals surface area contributed by atoms with Gasteiger partial charge in [-0.15, -0.1) is 0 Å². The molecule has 3 saturated carbocycles. The summed E-state index contributed by atoms with van der Waals surface area (Å²) >= 11 is 0. The van der Waals surface area contributed by atoms with Crippen molar-refractivity contribution in [2.45, 2.75) is 83.8 Å². The molecule has 6 aliphatic rings. The van der Waals surface area contributed by atoms with Crippen LogP contribution in [0.5, 0.6) is 0 Å². The molecule has 4 fully saturated rings. The molecule has 3 N–H and O–H groups in total. The number of fused-ring (bicyclic) bond motifs is 5. The van der Waals surface area contributed by atoms with Crippen LogP contribution in [-0.2, 0) is 9.53 Å². The van der Waals surface area contributed by atoms with Crippen LogP contribution in [0.1, 0.15) is 71.6 Å². The number of urea groups is 1. The number of hydrogen-bond donors (Lipinski definition) is 3. The minimum absolute atomic E-state index is 0.0405. The molecule has 0 aromatic heterocycles. The lowest BCUT2D eigenvalue weighted by atomic mass is 9.45. The van der Waals surface area contributed by atoms with Crippen molar-refractivity contribution in [3.05, 3.63) is 23.3 Å². The zero-order valence-corrected chi connectivity index (χ0v) is 22.6. The topological polar surface area (TPSA) is 90.9 Å². The molecule has 1 saturated heterocycles. The number of cyclic esters (lactones) is 1. The van der Waals surface area contributed by atoms with Crippen LogP contribution in [0.4, 0.5) is 4.79 Å². The van der Waals surface area contributed by atoms with Gasteiger partial charge in [-0.1, -0.05) is 25.5 Å². The molecule has 6 rings (SSSR count). The minimum Gasteiger partial charge on any atom is -0.458 e. The quantitative estimate of drug-likeness (QED) is 0.386. The first-order valence-corrected chi connectivity index (χ1v) is 14.8. The van der Waals surface area contributed by atoms with E-state index in [1.165, 1.54) is 37.7 Å². The van der Waals surface area contributed by atoms with Crippen LogP contribution in [0.3, 0.4) is 0 Å². The van der Waals surface area contributed by atoms with Crippen LogP contribution >= 0.6 is 0 Å². The first-order valence-electron chi connectivity index (χ1n) is 14.8. The Bertz CT molecular complexity index is 993. The third-order valence-corrected chi connectivity index (χ3v) is 11.5. The van der Waals surface area contributed by atoms with E-state index in [0.717, 1.165) is 51.2 Å². The van der Waals surface area contributed by atoms with Crippen molar-refractivity contribution < 1.29 is 19.4 Å². The second kappa shape index (κ2) is 9.71. The van der Waals surface area contributed by atoms with E-state index in [4.69, 9.17) is 4.74 Å². The number of β-amino-alcohol motifs (C(OH)–C–C–N with tert-alkyl or cyclic N) is 1. The Morgan fingerprint density at radius 1 is 1.19 bits per heavy atom. The lowest BCUT2D eigenvalue weighted by Gasteiger charge is -2.60. The van der Waals surface area contributed by atoms with Crippen LogP contribution in [0, 0.1) is 34.5 Å². The monoisotopic (exact) mass is 511 g/mol. The van der Waals surface area contributed by atoms with E-state index in [1.54, 1.807) is 11.6 Å². The highest BCUT2D eigenvalue weighted by Gasteiger charge is 2.58. The zero-order valence-electron chi connectivity index (χ0n) is 22.6. The Kier molecular flexibility index (Phi) is 6.67. The first kappa shape index (κ1) is 25.4. The number of hydrogen-bond acceptors (Lipinski definition) is 5. The molecule has 8 atom stereocenters. The molecule has 204 valence electrons. The van der Waals surface area contributed by atoms with E-state index in [2.05, 4.69) is 35.5 Å². The fourth-order valence-corrected chi connectivity index (χ4v) is 9.45. The van der Waals surface area contributed by atoms with Crippen LogP contribution in [-0.4, -0.2) is 66.9 Å². The number of nitrogens with zero attached hydrogens (tertiary/aromatic N) is 1. The number of aliphatic hydroxyl groups excluding tert-OH is 1. The Morgan fingerprint density at radius 2 is 2.05 bits per heavy atom. The predicted octanol–water partition coefficient (Wildman–Crippen LogP) is 3.78. The van der Waals surface area contributed by atoms with Gasteiger partial charge in [0, 0.05) is 38.3 Å². The highest BCUT2D eigenvalue weighted by atomic mass is 16.5. The summed E-state index contributed by atoms with van der Waals surface area (Å²) in [7, 11) is 0. The summed E-state index contributed by atoms with van der Waals surface area (Å²) in [5.74, 6) is 2.32. The summed E-state index contributed by atoms with van der Waals surface area (Å²) in [4.78, 5) is 26.6. The molecule has 7 heteroatoms. The average Bonchev–Trinajstić information content (AvgIpc) is 3.57. The van der Waals surface area contributed by atoms with Crippen LogP contribution in [0.15, 0.2) is 23.3 Å². The van der Waals surface area contributed by atoms with Crippen molar-refractivity contribution in [1.82, 2.24) is 15.5 Å². The molecule has 0 aromatic carbocycles. The number of esters is 1. The summed E-state index contributed by atoms with van der Waals surface area (Å²) in [6.07, 6.45) is 14.3. The molecule has 0 bridgehead atoms. The molecule has 0 radical (unpaired) electrons. The van der Waals surface area contributed by atoms with Crippen LogP contribution in [0.25, 0.3) is 0 Å². The Morgan fingerprint density at radius 3 is 2.81 bits per heavy atom. The van der Waals surface area contributed by atoms with Gasteiger partial charge in [-0.3, -0.25) is 4.90 Å². The van der Waals surface area contributed by atoms with Crippen molar-refractivity contribution in [1.29, 1.82) is 0 Å². The molecule has 0 spiro atoms. The molecule has 2 aliphatic heterocycles. The van der Waals surface area contributed by atoms with E-state index >= 15 is 0 Å². The Hall–Kier alpha value is -1.86. The Balaban J connectivity index is 1.04.